The Morgan fingerprint density at radius 3 is 2.48 bits per heavy atom. The van der Waals surface area contributed by atoms with E-state index in [1.54, 1.807) is 23.6 Å². The highest BCUT2D eigenvalue weighted by atomic mass is 35.5. The number of halogens is 1. The van der Waals surface area contributed by atoms with Gasteiger partial charge in [-0.15, -0.1) is 11.3 Å². The van der Waals surface area contributed by atoms with Crippen LogP contribution in [0.5, 0.6) is 0 Å². The predicted molar refractivity (Wildman–Crippen MR) is 112 cm³/mol. The Bertz CT molecular complexity index is 1160. The van der Waals surface area contributed by atoms with E-state index in [4.69, 9.17) is 17.3 Å². The van der Waals surface area contributed by atoms with E-state index < -0.39 is 21.8 Å². The molecule has 4 N–H and O–H groups in total. The second kappa shape index (κ2) is 8.60. The van der Waals surface area contributed by atoms with Gasteiger partial charge in [-0.3, -0.25) is 14.3 Å². The first kappa shape index (κ1) is 20.8. The third-order valence-electron chi connectivity index (χ3n) is 3.71. The fourth-order valence-corrected chi connectivity index (χ4v) is 4.48. The predicted octanol–water partition coefficient (Wildman–Crippen LogP) is 2.88. The molecule has 2 aromatic carbocycles. The lowest BCUT2D eigenvalue weighted by molar-refractivity contribution is -0.115. The van der Waals surface area contributed by atoms with Crippen molar-refractivity contribution in [1.82, 2.24) is 4.98 Å². The number of nitrogens with zero attached hydrogens (tertiary/aromatic N) is 1. The molecule has 0 aliphatic heterocycles. The van der Waals surface area contributed by atoms with Gasteiger partial charge >= 0.3 is 0 Å². The van der Waals surface area contributed by atoms with Crippen LogP contribution in [-0.4, -0.2) is 25.2 Å². The number of para-hydroxylation sites is 1. The maximum Gasteiger partial charge on any atom is 0.263 e. The minimum absolute atomic E-state index is 0.0412. The van der Waals surface area contributed by atoms with Gasteiger partial charge < -0.3 is 11.1 Å². The molecule has 1 heterocycles. The minimum atomic E-state index is -3.82. The summed E-state index contributed by atoms with van der Waals surface area (Å²) in [5, 5.41) is 4.72. The number of hydrogen-bond acceptors (Lipinski definition) is 6. The van der Waals surface area contributed by atoms with Gasteiger partial charge in [0.15, 0.2) is 5.13 Å². The summed E-state index contributed by atoms with van der Waals surface area (Å²) < 4.78 is 27.1. The van der Waals surface area contributed by atoms with E-state index in [1.807, 2.05) is 0 Å². The number of anilines is 2. The van der Waals surface area contributed by atoms with Crippen LogP contribution in [0.2, 0.25) is 5.02 Å². The number of rotatable bonds is 7. The van der Waals surface area contributed by atoms with Crippen molar-refractivity contribution in [2.45, 2.75) is 11.3 Å². The summed E-state index contributed by atoms with van der Waals surface area (Å²) in [5.74, 6) is -1.08. The van der Waals surface area contributed by atoms with Gasteiger partial charge in [0.2, 0.25) is 5.91 Å². The largest absolute Gasteiger partial charge is 0.366 e. The molecule has 0 bridgehead atoms. The molecular weight excluding hydrogens is 436 g/mol. The van der Waals surface area contributed by atoms with Crippen LogP contribution in [0.3, 0.4) is 0 Å². The highest BCUT2D eigenvalue weighted by molar-refractivity contribution is 7.93. The van der Waals surface area contributed by atoms with Crippen molar-refractivity contribution in [2.75, 3.05) is 10.0 Å². The van der Waals surface area contributed by atoms with Crippen LogP contribution in [0.4, 0.5) is 10.8 Å². The third kappa shape index (κ3) is 5.31. The van der Waals surface area contributed by atoms with Crippen molar-refractivity contribution in [3.63, 3.8) is 0 Å². The van der Waals surface area contributed by atoms with Gasteiger partial charge in [-0.25, -0.2) is 13.4 Å². The first-order chi connectivity index (χ1) is 13.7. The Hall–Kier alpha value is -2.95. The maximum atomic E-state index is 12.4. The first-order valence-electron chi connectivity index (χ1n) is 8.16. The number of primary amides is 1. The maximum absolute atomic E-state index is 12.4. The van der Waals surface area contributed by atoms with Crippen molar-refractivity contribution in [1.29, 1.82) is 0 Å². The van der Waals surface area contributed by atoms with Gasteiger partial charge in [-0.1, -0.05) is 23.7 Å². The highest BCUT2D eigenvalue weighted by Crippen LogP contribution is 2.22. The van der Waals surface area contributed by atoms with Crippen LogP contribution in [0.25, 0.3) is 0 Å². The average Bonchev–Trinajstić information content (AvgIpc) is 3.08. The van der Waals surface area contributed by atoms with E-state index in [-0.39, 0.29) is 22.0 Å². The summed E-state index contributed by atoms with van der Waals surface area (Å²) in [7, 11) is -3.82. The molecule has 0 radical (unpaired) electrons. The molecule has 29 heavy (non-hydrogen) atoms. The number of aromatic nitrogens is 1. The molecule has 8 nitrogen and oxygen atoms in total. The summed E-state index contributed by atoms with van der Waals surface area (Å²) >= 11 is 6.82. The number of nitrogens with one attached hydrogen (secondary N) is 2. The molecule has 11 heteroatoms. The van der Waals surface area contributed by atoms with Gasteiger partial charge in [0.05, 0.1) is 28.3 Å². The topological polar surface area (TPSA) is 131 Å². The van der Waals surface area contributed by atoms with Gasteiger partial charge in [0.25, 0.3) is 15.9 Å². The highest BCUT2D eigenvalue weighted by Gasteiger charge is 2.17. The molecule has 0 unspecified atom stereocenters. The Balaban J connectivity index is 1.67. The standard InChI is InChI=1S/C18H15ClN4O4S2/c19-11-5-7-13(8-6-11)29(26,27)23-18-21-12(10-28-18)9-16(24)22-15-4-2-1-3-14(15)17(20)25/h1-8,10H,9H2,(H2,20,25)(H,21,23)(H,22,24). The molecule has 0 spiro atoms. The number of amides is 2. The quantitative estimate of drug-likeness (QED) is 0.509. The van der Waals surface area contributed by atoms with E-state index in [2.05, 4.69) is 15.0 Å². The zero-order valence-corrected chi connectivity index (χ0v) is 17.1. The van der Waals surface area contributed by atoms with Gasteiger partial charge in [0.1, 0.15) is 0 Å². The van der Waals surface area contributed by atoms with Crippen LogP contribution in [-0.2, 0) is 21.2 Å². The molecule has 0 saturated carbocycles. The summed E-state index contributed by atoms with van der Waals surface area (Å²) in [6.07, 6.45) is -0.105. The zero-order chi connectivity index (χ0) is 21.0. The minimum Gasteiger partial charge on any atom is -0.366 e. The summed E-state index contributed by atoms with van der Waals surface area (Å²) in [6.45, 7) is 0. The van der Waals surface area contributed by atoms with Crippen molar-refractivity contribution in [3.8, 4) is 0 Å². The molecule has 3 aromatic rings. The van der Waals surface area contributed by atoms with Crippen LogP contribution in [0, 0.1) is 0 Å². The SMILES string of the molecule is NC(=O)c1ccccc1NC(=O)Cc1csc(NS(=O)(=O)c2ccc(Cl)cc2)n1. The van der Waals surface area contributed by atoms with Crippen LogP contribution in [0.15, 0.2) is 58.8 Å². The Morgan fingerprint density at radius 2 is 1.79 bits per heavy atom. The van der Waals surface area contributed by atoms with Crippen LogP contribution < -0.4 is 15.8 Å². The van der Waals surface area contributed by atoms with E-state index in [0.29, 0.717) is 16.4 Å². The Morgan fingerprint density at radius 1 is 1.10 bits per heavy atom. The van der Waals surface area contributed by atoms with E-state index >= 15 is 0 Å². The van der Waals surface area contributed by atoms with E-state index in [0.717, 1.165) is 11.3 Å². The lowest BCUT2D eigenvalue weighted by Gasteiger charge is -2.08. The number of nitrogens with two attached hydrogens (primary N) is 1. The molecule has 0 fully saturated rings. The molecule has 0 aliphatic rings. The molecule has 0 atom stereocenters. The molecule has 3 rings (SSSR count). The van der Waals surface area contributed by atoms with Gasteiger partial charge in [-0.2, -0.15) is 0 Å². The molecule has 150 valence electrons. The van der Waals surface area contributed by atoms with E-state index in [1.165, 1.54) is 30.3 Å². The fraction of sp³-hybridized carbons (Fsp3) is 0.0556. The summed E-state index contributed by atoms with van der Waals surface area (Å²) in [5.41, 5.74) is 6.15. The summed E-state index contributed by atoms with van der Waals surface area (Å²) in [4.78, 5) is 27.8. The third-order valence-corrected chi connectivity index (χ3v) is 6.25. The van der Waals surface area contributed by atoms with Gasteiger partial charge in [0, 0.05) is 10.4 Å². The van der Waals surface area contributed by atoms with E-state index in [9.17, 15) is 18.0 Å². The number of hydrogen-bond donors (Lipinski definition) is 3. The molecule has 0 saturated heterocycles. The van der Waals surface area contributed by atoms with Crippen LogP contribution >= 0.6 is 22.9 Å². The molecule has 0 aliphatic carbocycles. The molecule has 1 aromatic heterocycles. The molecular formula is C18H15ClN4O4S2. The first-order valence-corrected chi connectivity index (χ1v) is 10.9. The Labute approximate surface area is 175 Å². The zero-order valence-electron chi connectivity index (χ0n) is 14.8. The van der Waals surface area contributed by atoms with Crippen molar-refractivity contribution < 1.29 is 18.0 Å². The number of thiazole rings is 1. The van der Waals surface area contributed by atoms with Gasteiger partial charge in [-0.05, 0) is 36.4 Å². The second-order valence-corrected chi connectivity index (χ2v) is 8.82. The summed E-state index contributed by atoms with van der Waals surface area (Å²) in [6, 6.07) is 12.1. The smallest absolute Gasteiger partial charge is 0.263 e. The number of benzene rings is 2. The second-order valence-electron chi connectivity index (χ2n) is 5.84. The average molecular weight is 451 g/mol. The monoisotopic (exact) mass is 450 g/mol. The normalized spacial score (nSPS) is 11.1. The number of sulfonamides is 1. The lowest BCUT2D eigenvalue weighted by atomic mass is 10.1. The van der Waals surface area contributed by atoms with Crippen molar-refractivity contribution in [2.24, 2.45) is 5.73 Å². The van der Waals surface area contributed by atoms with Crippen LogP contribution in [0.1, 0.15) is 16.1 Å². The van der Waals surface area contributed by atoms with Crippen molar-refractivity contribution in [3.05, 3.63) is 70.2 Å². The van der Waals surface area contributed by atoms with Crippen molar-refractivity contribution >= 4 is 55.6 Å². The fourth-order valence-electron chi connectivity index (χ4n) is 2.39. The molecule has 2 amide bonds. The number of carbonyl (C=O) groups excluding carboxylic acids is 2. The lowest BCUT2D eigenvalue weighted by Crippen LogP contribution is -2.19. The number of carbonyl (C=O) groups is 2. The Kier molecular flexibility index (Phi) is 6.16.